The summed E-state index contributed by atoms with van der Waals surface area (Å²) in [7, 11) is 0. The molecule has 0 saturated carbocycles. The highest BCUT2D eigenvalue weighted by atomic mass is 32.1. The van der Waals surface area contributed by atoms with Crippen LogP contribution >= 0.6 is 11.3 Å². The highest BCUT2D eigenvalue weighted by Gasteiger charge is 2.31. The standard InChI is InChI=1S/C28H26N4O4S/c1-28(2)13-20-22(16-36-28)37-26-24(20)25(29)31(14-18-9-6-12-35-18)27(34)32(26)15-23(33)30-21-11-5-8-17-7-3-4-10-19(17)21/h3-12,29H,13-16H2,1-2H3,(H,30,33). The van der Waals surface area contributed by atoms with E-state index in [4.69, 9.17) is 14.6 Å². The Kier molecular flexibility index (Phi) is 5.62. The fraction of sp³-hybridized carbons (Fsp3) is 0.250. The molecule has 0 spiro atoms. The van der Waals surface area contributed by atoms with Gasteiger partial charge in [0, 0.05) is 22.4 Å². The largest absolute Gasteiger partial charge is 0.467 e. The van der Waals surface area contributed by atoms with Gasteiger partial charge in [0.1, 0.15) is 22.6 Å². The maximum Gasteiger partial charge on any atom is 0.331 e. The number of ether oxygens (including phenoxy) is 1. The van der Waals surface area contributed by atoms with Crippen LogP contribution in [0.1, 0.15) is 30.0 Å². The van der Waals surface area contributed by atoms with Gasteiger partial charge in [0.05, 0.1) is 30.4 Å². The summed E-state index contributed by atoms with van der Waals surface area (Å²) in [6.45, 7) is 4.38. The Labute approximate surface area is 216 Å². The highest BCUT2D eigenvalue weighted by molar-refractivity contribution is 7.18. The zero-order chi connectivity index (χ0) is 25.7. The highest BCUT2D eigenvalue weighted by Crippen LogP contribution is 2.37. The third-order valence-corrected chi connectivity index (χ3v) is 7.97. The zero-order valence-electron chi connectivity index (χ0n) is 20.5. The van der Waals surface area contributed by atoms with E-state index in [1.165, 1.54) is 20.5 Å². The van der Waals surface area contributed by atoms with Crippen LogP contribution in [0, 0.1) is 5.41 Å². The Hall–Kier alpha value is -3.95. The van der Waals surface area contributed by atoms with E-state index < -0.39 is 5.69 Å². The number of nitrogens with zero attached hydrogens (tertiary/aromatic N) is 2. The molecule has 5 aromatic rings. The summed E-state index contributed by atoms with van der Waals surface area (Å²) in [5.41, 5.74) is 1.01. The molecule has 2 N–H and O–H groups in total. The van der Waals surface area contributed by atoms with Crippen LogP contribution in [0.25, 0.3) is 21.0 Å². The minimum atomic E-state index is -0.430. The number of fused-ring (bicyclic) bond motifs is 4. The molecule has 9 heteroatoms. The van der Waals surface area contributed by atoms with Crippen molar-refractivity contribution < 1.29 is 13.9 Å². The first kappa shape index (κ1) is 23.4. The summed E-state index contributed by atoms with van der Waals surface area (Å²) >= 11 is 1.42. The number of hydrogen-bond acceptors (Lipinski definition) is 6. The molecule has 1 aliphatic rings. The van der Waals surface area contributed by atoms with Crippen molar-refractivity contribution in [2.75, 3.05) is 5.32 Å². The molecule has 0 saturated heterocycles. The van der Waals surface area contributed by atoms with E-state index in [1.807, 2.05) is 56.3 Å². The van der Waals surface area contributed by atoms with Crippen LogP contribution in [-0.4, -0.2) is 20.6 Å². The average molecular weight is 515 g/mol. The van der Waals surface area contributed by atoms with Gasteiger partial charge >= 0.3 is 5.69 Å². The lowest BCUT2D eigenvalue weighted by Gasteiger charge is -2.30. The van der Waals surface area contributed by atoms with E-state index in [-0.39, 0.29) is 30.1 Å². The van der Waals surface area contributed by atoms with E-state index in [9.17, 15) is 9.59 Å². The lowest BCUT2D eigenvalue weighted by atomic mass is 9.94. The maximum absolute atomic E-state index is 13.7. The lowest BCUT2D eigenvalue weighted by Crippen LogP contribution is -2.42. The topological polar surface area (TPSA) is 102 Å². The predicted octanol–water partition coefficient (Wildman–Crippen LogP) is 4.63. The second-order valence-electron chi connectivity index (χ2n) is 9.87. The van der Waals surface area contributed by atoms with Crippen LogP contribution in [0.15, 0.2) is 70.1 Å². The van der Waals surface area contributed by atoms with Crippen molar-refractivity contribution in [2.24, 2.45) is 0 Å². The van der Waals surface area contributed by atoms with Gasteiger partial charge in [-0.05, 0) is 43.0 Å². The quantitative estimate of drug-likeness (QED) is 0.357. The molecule has 0 radical (unpaired) electrons. The maximum atomic E-state index is 13.7. The van der Waals surface area contributed by atoms with Gasteiger partial charge in [-0.25, -0.2) is 4.79 Å². The Morgan fingerprint density at radius 1 is 1.11 bits per heavy atom. The summed E-state index contributed by atoms with van der Waals surface area (Å²) in [4.78, 5) is 28.6. The second kappa shape index (κ2) is 8.86. The van der Waals surface area contributed by atoms with Crippen molar-refractivity contribution in [2.45, 2.75) is 45.6 Å². The first-order chi connectivity index (χ1) is 17.8. The Bertz CT molecular complexity index is 1770. The smallest absolute Gasteiger partial charge is 0.331 e. The van der Waals surface area contributed by atoms with E-state index in [0.717, 1.165) is 21.2 Å². The number of benzene rings is 2. The summed E-state index contributed by atoms with van der Waals surface area (Å²) in [5, 5.41) is 14.6. The number of carbonyl (C=O) groups excluding carboxylic acids is 1. The third-order valence-electron chi connectivity index (χ3n) is 6.74. The van der Waals surface area contributed by atoms with Gasteiger partial charge in [0.25, 0.3) is 0 Å². The molecule has 3 aromatic heterocycles. The predicted molar refractivity (Wildman–Crippen MR) is 143 cm³/mol. The molecule has 4 heterocycles. The van der Waals surface area contributed by atoms with Crippen molar-refractivity contribution in [3.8, 4) is 0 Å². The minimum absolute atomic E-state index is 0.107. The number of nitrogens with one attached hydrogen (secondary N) is 2. The van der Waals surface area contributed by atoms with Crippen molar-refractivity contribution in [3.63, 3.8) is 0 Å². The van der Waals surface area contributed by atoms with Gasteiger partial charge in [-0.1, -0.05) is 36.4 Å². The number of furan rings is 1. The van der Waals surface area contributed by atoms with Gasteiger partial charge in [0.15, 0.2) is 0 Å². The van der Waals surface area contributed by atoms with Crippen LogP contribution in [0.4, 0.5) is 5.69 Å². The van der Waals surface area contributed by atoms with E-state index in [0.29, 0.717) is 34.7 Å². The first-order valence-electron chi connectivity index (χ1n) is 12.1. The Morgan fingerprint density at radius 2 is 1.92 bits per heavy atom. The minimum Gasteiger partial charge on any atom is -0.467 e. The number of amides is 1. The van der Waals surface area contributed by atoms with Crippen LogP contribution in [-0.2, 0) is 35.6 Å². The van der Waals surface area contributed by atoms with Crippen LogP contribution in [0.3, 0.4) is 0 Å². The summed E-state index contributed by atoms with van der Waals surface area (Å²) in [5.74, 6) is 0.249. The summed E-state index contributed by atoms with van der Waals surface area (Å²) in [6, 6.07) is 17.1. The third kappa shape index (κ3) is 4.20. The van der Waals surface area contributed by atoms with E-state index in [1.54, 1.807) is 18.4 Å². The molecule has 0 aliphatic carbocycles. The van der Waals surface area contributed by atoms with Gasteiger partial charge < -0.3 is 14.5 Å². The number of hydrogen-bond donors (Lipinski definition) is 2. The fourth-order valence-corrected chi connectivity index (χ4v) is 6.17. The normalized spacial score (nSPS) is 14.6. The molecule has 0 fully saturated rings. The molecular formula is C28H26N4O4S. The van der Waals surface area contributed by atoms with Crippen LogP contribution < -0.4 is 16.5 Å². The van der Waals surface area contributed by atoms with Crippen molar-refractivity contribution in [3.05, 3.63) is 93.0 Å². The Morgan fingerprint density at radius 3 is 2.73 bits per heavy atom. The van der Waals surface area contributed by atoms with Crippen molar-refractivity contribution in [1.82, 2.24) is 9.13 Å². The van der Waals surface area contributed by atoms with Crippen LogP contribution in [0.2, 0.25) is 0 Å². The number of aromatic nitrogens is 2. The van der Waals surface area contributed by atoms with Gasteiger partial charge in [-0.15, -0.1) is 11.3 Å². The number of anilines is 1. The van der Waals surface area contributed by atoms with Crippen LogP contribution in [0.5, 0.6) is 0 Å². The number of rotatable bonds is 5. The van der Waals surface area contributed by atoms with Crippen molar-refractivity contribution >= 4 is 43.9 Å². The molecule has 0 unspecified atom stereocenters. The molecule has 0 bridgehead atoms. The monoisotopic (exact) mass is 514 g/mol. The molecular weight excluding hydrogens is 488 g/mol. The molecule has 2 aromatic carbocycles. The summed E-state index contributed by atoms with van der Waals surface area (Å²) < 4.78 is 14.3. The molecule has 0 atom stereocenters. The van der Waals surface area contributed by atoms with E-state index >= 15 is 0 Å². The molecule has 1 amide bonds. The first-order valence-corrected chi connectivity index (χ1v) is 12.9. The van der Waals surface area contributed by atoms with Gasteiger partial charge in [-0.2, -0.15) is 0 Å². The molecule has 8 nitrogen and oxygen atoms in total. The number of thiophene rings is 1. The fourth-order valence-electron chi connectivity index (χ4n) is 4.95. The average Bonchev–Trinajstić information content (AvgIpc) is 3.52. The molecule has 188 valence electrons. The second-order valence-corrected chi connectivity index (χ2v) is 11.0. The molecule has 37 heavy (non-hydrogen) atoms. The van der Waals surface area contributed by atoms with Gasteiger partial charge in [0.2, 0.25) is 5.91 Å². The van der Waals surface area contributed by atoms with Crippen molar-refractivity contribution in [1.29, 1.82) is 5.41 Å². The van der Waals surface area contributed by atoms with Gasteiger partial charge in [-0.3, -0.25) is 19.3 Å². The zero-order valence-corrected chi connectivity index (χ0v) is 21.4. The molecule has 1 aliphatic heterocycles. The lowest BCUT2D eigenvalue weighted by molar-refractivity contribution is -0.116. The molecule has 6 rings (SSSR count). The van der Waals surface area contributed by atoms with E-state index in [2.05, 4.69) is 5.32 Å². The SMILES string of the molecule is CC1(C)Cc2c(sc3c2c(=N)n(Cc2ccco2)c(=O)n3CC(=O)Nc2cccc3ccccc23)CO1. The summed E-state index contributed by atoms with van der Waals surface area (Å²) in [6.07, 6.45) is 2.16. The Balaban J connectivity index is 1.46. The number of carbonyl (C=O) groups is 1.